The topological polar surface area (TPSA) is 112 Å². The van der Waals surface area contributed by atoms with E-state index < -0.39 is 11.9 Å². The van der Waals surface area contributed by atoms with Gasteiger partial charge in [0.05, 0.1) is 0 Å². The minimum atomic E-state index is -1.08. The molecule has 2 N–H and O–H groups in total. The summed E-state index contributed by atoms with van der Waals surface area (Å²) in [6.45, 7) is 1.94. The van der Waals surface area contributed by atoms with Crippen LogP contribution in [0.3, 0.4) is 0 Å². The van der Waals surface area contributed by atoms with E-state index in [-0.39, 0.29) is 32.8 Å². The van der Waals surface area contributed by atoms with Gasteiger partial charge in [-0.2, -0.15) is 0 Å². The fourth-order valence-corrected chi connectivity index (χ4v) is 0. The van der Waals surface area contributed by atoms with Crippen molar-refractivity contribution >= 4 is 39.2 Å². The molecule has 10 heavy (non-hydrogen) atoms. The van der Waals surface area contributed by atoms with Crippen molar-refractivity contribution in [1.82, 2.24) is 0 Å². The Hall–Kier alpha value is -0.178. The van der Waals surface area contributed by atoms with Crippen LogP contribution in [0, 0.1) is 0 Å². The summed E-state index contributed by atoms with van der Waals surface area (Å²) in [6.07, 6.45) is 0. The van der Waals surface area contributed by atoms with Crippen molar-refractivity contribution in [3.63, 3.8) is 0 Å². The molecule has 0 rings (SSSR count). The van der Waals surface area contributed by atoms with Crippen molar-refractivity contribution < 1.29 is 25.3 Å². The first kappa shape index (κ1) is 22.6. The van der Waals surface area contributed by atoms with E-state index in [1.54, 1.807) is 0 Å². The van der Waals surface area contributed by atoms with Gasteiger partial charge in [0.25, 0.3) is 0 Å². The zero-order chi connectivity index (χ0) is 7.15. The first-order valence-electron chi connectivity index (χ1n) is 1.82. The molecule has 0 amide bonds. The first-order valence-corrected chi connectivity index (χ1v) is 1.82. The maximum atomic E-state index is 8.89. The van der Waals surface area contributed by atoms with Gasteiger partial charge in [0.15, 0.2) is 0 Å². The van der Waals surface area contributed by atoms with E-state index in [9.17, 15) is 0 Å². The average Bonchev–Trinajstić information content (AvgIpc) is 1.25. The number of hydrogen-bond donors (Lipinski definition) is 0. The molecule has 0 aliphatic carbocycles. The zero-order valence-electron chi connectivity index (χ0n) is 5.63. The summed E-state index contributed by atoms with van der Waals surface area (Å²) in [7, 11) is 0. The third-order valence-electron chi connectivity index (χ3n) is 0. The molecule has 0 spiro atoms. The normalized spacial score (nSPS) is 5.00. The van der Waals surface area contributed by atoms with Crippen LogP contribution in [0.25, 0.3) is 0 Å². The number of carbonyl (C=O) groups is 2. The number of carbonyl (C=O) groups excluding carboxylic acids is 2. The molecule has 5 nitrogen and oxygen atoms in total. The molecule has 0 heterocycles. The molecule has 0 unspecified atom stereocenters. The molecule has 58 valence electrons. The molecule has 0 aromatic heterocycles. The van der Waals surface area contributed by atoms with Gasteiger partial charge in [-0.15, -0.1) is 0 Å². The van der Waals surface area contributed by atoms with Crippen LogP contribution in [0.5, 0.6) is 0 Å². The number of carboxylic acids is 2. The second-order valence-electron chi connectivity index (χ2n) is 0.983. The second kappa shape index (κ2) is 15.9. The van der Waals surface area contributed by atoms with Gasteiger partial charge >= 0.3 is 27.3 Å². The number of rotatable bonds is 0. The minimum absolute atomic E-state index is 0. The predicted molar refractivity (Wildman–Crippen MR) is 30.7 cm³/mol. The molecular weight excluding hydrogens is 335 g/mol. The van der Waals surface area contributed by atoms with Gasteiger partial charge in [0.1, 0.15) is 0 Å². The molecule has 2 radical (unpaired) electrons. The van der Waals surface area contributed by atoms with E-state index >= 15 is 0 Å². The fraction of sp³-hybridized carbons (Fsp3) is 0.500. The Morgan fingerprint density at radius 2 is 1.00 bits per heavy atom. The van der Waals surface area contributed by atoms with E-state index in [2.05, 4.69) is 0 Å². The first-order chi connectivity index (χ1) is 3.46. The van der Waals surface area contributed by atoms with Crippen LogP contribution >= 0.6 is 0 Å². The number of hydrogen-bond acceptors (Lipinski definition) is 4. The van der Waals surface area contributed by atoms with Crippen molar-refractivity contribution in [2.24, 2.45) is 0 Å². The van der Waals surface area contributed by atoms with Crippen LogP contribution in [0.1, 0.15) is 13.8 Å². The predicted octanol–water partition coefficient (Wildman–Crippen LogP) is -3.69. The molecule has 0 aliphatic rings. The quantitative estimate of drug-likeness (QED) is 0.422. The Labute approximate surface area is 78.5 Å². The number of aliphatic carboxylic acids is 2. The van der Waals surface area contributed by atoms with Crippen molar-refractivity contribution in [2.45, 2.75) is 13.8 Å². The molecule has 0 atom stereocenters. The molecule has 0 aliphatic heterocycles. The van der Waals surface area contributed by atoms with E-state index in [0.717, 1.165) is 13.8 Å². The van der Waals surface area contributed by atoms with E-state index in [4.69, 9.17) is 19.8 Å². The van der Waals surface area contributed by atoms with Gasteiger partial charge < -0.3 is 25.3 Å². The van der Waals surface area contributed by atoms with Crippen LogP contribution < -0.4 is 10.2 Å². The van der Waals surface area contributed by atoms with Crippen LogP contribution in [0.2, 0.25) is 0 Å². The van der Waals surface area contributed by atoms with Crippen LogP contribution in [0.15, 0.2) is 0 Å². The molecule has 0 saturated heterocycles. The van der Waals surface area contributed by atoms with Crippen molar-refractivity contribution in [3.05, 3.63) is 0 Å². The molecule has 0 aromatic rings. The van der Waals surface area contributed by atoms with Gasteiger partial charge in [0, 0.05) is 11.9 Å². The summed E-state index contributed by atoms with van der Waals surface area (Å²) in [4.78, 5) is 17.8. The summed E-state index contributed by atoms with van der Waals surface area (Å²) in [6, 6.07) is 0. The Balaban J connectivity index is -0.0000000300. The van der Waals surface area contributed by atoms with Gasteiger partial charge in [-0.1, -0.05) is 0 Å². The molecule has 0 fully saturated rings. The molecule has 0 aromatic carbocycles. The third-order valence-corrected chi connectivity index (χ3v) is 0. The SMILES string of the molecule is CC(=O)[O-].CC(=O)[O-].O.[Pb+2]. The maximum Gasteiger partial charge on any atom is 2.00 e. The summed E-state index contributed by atoms with van der Waals surface area (Å²) in [5.41, 5.74) is 0. The summed E-state index contributed by atoms with van der Waals surface area (Å²) >= 11 is 0. The Morgan fingerprint density at radius 1 is 1.00 bits per heavy atom. The Kier molecular flexibility index (Phi) is 35.9. The van der Waals surface area contributed by atoms with E-state index in [1.165, 1.54) is 0 Å². The summed E-state index contributed by atoms with van der Waals surface area (Å²) < 4.78 is 0. The van der Waals surface area contributed by atoms with Gasteiger partial charge in [-0.25, -0.2) is 0 Å². The molecule has 6 heteroatoms. The molecule has 0 bridgehead atoms. The smallest absolute Gasteiger partial charge is 0.550 e. The maximum absolute atomic E-state index is 8.89. The van der Waals surface area contributed by atoms with Gasteiger partial charge in [-0.05, 0) is 13.8 Å². The van der Waals surface area contributed by atoms with Crippen LogP contribution in [0.4, 0.5) is 0 Å². The summed E-state index contributed by atoms with van der Waals surface area (Å²) in [5, 5.41) is 17.8. The molecule has 0 saturated carbocycles. The molecular formula is C4H8O5Pb. The van der Waals surface area contributed by atoms with Crippen molar-refractivity contribution in [1.29, 1.82) is 0 Å². The van der Waals surface area contributed by atoms with Crippen LogP contribution in [-0.2, 0) is 9.59 Å². The fourth-order valence-electron chi connectivity index (χ4n) is 0. The van der Waals surface area contributed by atoms with Gasteiger partial charge in [0.2, 0.25) is 0 Å². The van der Waals surface area contributed by atoms with E-state index in [1.807, 2.05) is 0 Å². The third kappa shape index (κ3) is 11500. The minimum Gasteiger partial charge on any atom is -0.550 e. The zero-order valence-corrected chi connectivity index (χ0v) is 9.52. The Bertz CT molecular complexity index is 71.6. The Morgan fingerprint density at radius 3 is 1.00 bits per heavy atom. The van der Waals surface area contributed by atoms with E-state index in [0.29, 0.717) is 0 Å². The second-order valence-corrected chi connectivity index (χ2v) is 0.983. The average molecular weight is 343 g/mol. The van der Waals surface area contributed by atoms with Crippen molar-refractivity contribution in [3.8, 4) is 0 Å². The van der Waals surface area contributed by atoms with Crippen LogP contribution in [-0.4, -0.2) is 44.7 Å². The summed E-state index contributed by atoms with van der Waals surface area (Å²) in [5.74, 6) is -2.17. The van der Waals surface area contributed by atoms with Gasteiger partial charge in [-0.3, -0.25) is 0 Å². The monoisotopic (exact) mass is 344 g/mol. The standard InChI is InChI=1S/2C2H4O2.H2O.Pb/c2*1-2(3)4;;/h2*1H3,(H,3,4);1H2;/q;;;+2/p-2. The largest absolute Gasteiger partial charge is 2.00 e. The van der Waals surface area contributed by atoms with Crippen molar-refractivity contribution in [2.75, 3.05) is 0 Å². The number of carboxylic acid groups (broad SMARTS) is 2.